The van der Waals surface area contributed by atoms with Crippen LogP contribution in [0.1, 0.15) is 23.3 Å². The average Bonchev–Trinajstić information content (AvgIpc) is 3.31. The Hall–Kier alpha value is -3.11. The molecule has 2 aliphatic rings. The number of benzene rings is 2. The first-order valence-electron chi connectivity index (χ1n) is 10.6. The smallest absolute Gasteiger partial charge is 0.285 e. The zero-order valence-corrected chi connectivity index (χ0v) is 19.4. The van der Waals surface area contributed by atoms with Gasteiger partial charge in [0, 0.05) is 29.1 Å². The van der Waals surface area contributed by atoms with E-state index >= 15 is 0 Å². The van der Waals surface area contributed by atoms with Gasteiger partial charge in [0.1, 0.15) is 10.7 Å². The normalized spacial score (nSPS) is 19.2. The van der Waals surface area contributed by atoms with Crippen molar-refractivity contribution >= 4 is 38.2 Å². The van der Waals surface area contributed by atoms with Gasteiger partial charge in [0.25, 0.3) is 10.0 Å². The number of aromatic nitrogens is 1. The van der Waals surface area contributed by atoms with Crippen LogP contribution in [0.2, 0.25) is 0 Å². The highest BCUT2D eigenvalue weighted by atomic mass is 32.2. The number of carbonyl (C=O) groups excluding carboxylic acids is 1. The Morgan fingerprint density at radius 2 is 1.94 bits per heavy atom. The number of thiazole rings is 1. The monoisotopic (exact) mass is 484 g/mol. The lowest BCUT2D eigenvalue weighted by molar-refractivity contribution is -0.121. The van der Waals surface area contributed by atoms with Crippen LogP contribution in [-0.2, 0) is 14.8 Å². The summed E-state index contributed by atoms with van der Waals surface area (Å²) in [6.07, 6.45) is 1.44. The molecule has 3 heterocycles. The van der Waals surface area contributed by atoms with Gasteiger partial charge >= 0.3 is 0 Å². The first-order chi connectivity index (χ1) is 15.8. The minimum absolute atomic E-state index is 0.158. The highest BCUT2D eigenvalue weighted by molar-refractivity contribution is 7.90. The molecule has 0 spiro atoms. The van der Waals surface area contributed by atoms with E-state index in [9.17, 15) is 17.6 Å². The van der Waals surface area contributed by atoms with E-state index in [0.717, 1.165) is 16.9 Å². The van der Waals surface area contributed by atoms with Crippen molar-refractivity contribution in [3.8, 4) is 11.3 Å². The quantitative estimate of drug-likeness (QED) is 0.605. The van der Waals surface area contributed by atoms with Crippen LogP contribution in [0.15, 0.2) is 57.8 Å². The molecule has 1 N–H and O–H groups in total. The van der Waals surface area contributed by atoms with Crippen molar-refractivity contribution in [2.45, 2.75) is 24.7 Å². The van der Waals surface area contributed by atoms with Gasteiger partial charge in [-0.1, -0.05) is 12.1 Å². The second-order valence-electron chi connectivity index (χ2n) is 8.09. The Morgan fingerprint density at radius 1 is 1.18 bits per heavy atom. The van der Waals surface area contributed by atoms with Gasteiger partial charge in [-0.15, -0.1) is 15.7 Å². The number of halogens is 1. The summed E-state index contributed by atoms with van der Waals surface area (Å²) in [7, 11) is -3.71. The van der Waals surface area contributed by atoms with E-state index in [0.29, 0.717) is 41.7 Å². The molecule has 7 nitrogen and oxygen atoms in total. The molecular formula is C23H21FN4O3S2. The molecule has 0 aliphatic carbocycles. The van der Waals surface area contributed by atoms with E-state index in [4.69, 9.17) is 0 Å². The molecule has 33 heavy (non-hydrogen) atoms. The van der Waals surface area contributed by atoms with E-state index in [1.807, 2.05) is 11.8 Å². The molecule has 1 atom stereocenters. The molecule has 170 valence electrons. The number of hydrogen-bond donors (Lipinski definition) is 1. The fourth-order valence-electron chi connectivity index (χ4n) is 4.23. The second-order valence-corrected chi connectivity index (χ2v) is 10.9. The van der Waals surface area contributed by atoms with Crippen molar-refractivity contribution in [1.29, 1.82) is 0 Å². The molecule has 10 heteroatoms. The van der Waals surface area contributed by atoms with E-state index in [-0.39, 0.29) is 22.5 Å². The number of amidine groups is 1. The maximum atomic E-state index is 13.2. The molecule has 2 aliphatic heterocycles. The topological polar surface area (TPSA) is 91.7 Å². The number of hydrogen-bond acceptors (Lipinski definition) is 6. The highest BCUT2D eigenvalue weighted by Crippen LogP contribution is 2.32. The Bertz CT molecular complexity index is 1370. The van der Waals surface area contributed by atoms with Crippen LogP contribution in [0, 0.1) is 18.7 Å². The predicted octanol–water partition coefficient (Wildman–Crippen LogP) is 4.06. The van der Waals surface area contributed by atoms with Crippen LogP contribution in [0.4, 0.5) is 9.52 Å². The van der Waals surface area contributed by atoms with Gasteiger partial charge < -0.3 is 10.2 Å². The van der Waals surface area contributed by atoms with E-state index in [1.165, 1.54) is 23.5 Å². The number of fused-ring (bicyclic) bond motifs is 1. The second kappa shape index (κ2) is 8.35. The maximum Gasteiger partial charge on any atom is 0.285 e. The molecule has 1 fully saturated rings. The number of piperidine rings is 1. The van der Waals surface area contributed by atoms with Crippen LogP contribution in [0.25, 0.3) is 11.3 Å². The first kappa shape index (κ1) is 21.7. The van der Waals surface area contributed by atoms with E-state index in [2.05, 4.69) is 14.7 Å². The number of carbonyl (C=O) groups is 1. The molecular weight excluding hydrogens is 463 g/mol. The number of amides is 1. The van der Waals surface area contributed by atoms with Crippen LogP contribution >= 0.6 is 11.3 Å². The molecule has 1 aromatic heterocycles. The molecule has 0 bridgehead atoms. The van der Waals surface area contributed by atoms with Crippen molar-refractivity contribution in [3.05, 3.63) is 64.8 Å². The maximum absolute atomic E-state index is 13.2. The van der Waals surface area contributed by atoms with Crippen molar-refractivity contribution < 1.29 is 17.6 Å². The van der Waals surface area contributed by atoms with Gasteiger partial charge in [-0.3, -0.25) is 4.79 Å². The minimum Gasteiger partial charge on any atom is -0.355 e. The average molecular weight is 485 g/mol. The Balaban J connectivity index is 1.32. The standard InChI is InChI=1S/C23H21FN4O3S2/c1-14-20(15-8-10-17(24)11-9-15)25-23(32-14)26-22(29)16-5-4-12-28(13-16)21-18-6-2-3-7-19(18)33(30,31)27-21/h2-3,6-11,16H,4-5,12-13H2,1H3,(H,25,26,29). The van der Waals surface area contributed by atoms with Gasteiger partial charge in [0.05, 0.1) is 11.6 Å². The Labute approximate surface area is 195 Å². The van der Waals surface area contributed by atoms with Crippen molar-refractivity contribution in [1.82, 2.24) is 9.88 Å². The number of aryl methyl sites for hydroxylation is 1. The zero-order valence-electron chi connectivity index (χ0n) is 17.8. The van der Waals surface area contributed by atoms with Crippen molar-refractivity contribution in [3.63, 3.8) is 0 Å². The van der Waals surface area contributed by atoms with Gasteiger partial charge in [-0.05, 0) is 56.2 Å². The summed E-state index contributed by atoms with van der Waals surface area (Å²) in [5.41, 5.74) is 2.08. The highest BCUT2D eigenvalue weighted by Gasteiger charge is 2.35. The molecule has 0 saturated carbocycles. The third-order valence-electron chi connectivity index (χ3n) is 5.85. The lowest BCUT2D eigenvalue weighted by atomic mass is 9.96. The number of nitrogens with zero attached hydrogens (tertiary/aromatic N) is 3. The molecule has 3 aromatic rings. The molecule has 1 amide bonds. The molecule has 0 radical (unpaired) electrons. The minimum atomic E-state index is -3.71. The van der Waals surface area contributed by atoms with Crippen molar-refractivity contribution in [2.75, 3.05) is 18.4 Å². The van der Waals surface area contributed by atoms with Crippen molar-refractivity contribution in [2.24, 2.45) is 10.3 Å². The number of rotatable bonds is 3. The molecule has 2 aromatic carbocycles. The Kier molecular flexibility index (Phi) is 5.49. The van der Waals surface area contributed by atoms with E-state index in [1.54, 1.807) is 36.4 Å². The Morgan fingerprint density at radius 3 is 2.73 bits per heavy atom. The summed E-state index contributed by atoms with van der Waals surface area (Å²) in [5.74, 6) is -0.389. The number of likely N-dealkylation sites (tertiary alicyclic amines) is 1. The fraction of sp³-hybridized carbons (Fsp3) is 0.261. The molecule has 1 saturated heterocycles. The van der Waals surface area contributed by atoms with Crippen LogP contribution in [-0.4, -0.2) is 43.1 Å². The molecule has 1 unspecified atom stereocenters. The third kappa shape index (κ3) is 4.16. The third-order valence-corrected chi connectivity index (χ3v) is 8.06. The zero-order chi connectivity index (χ0) is 23.2. The lowest BCUT2D eigenvalue weighted by Crippen LogP contribution is -2.43. The SMILES string of the molecule is Cc1sc(NC(=O)C2CCCN(C3=NS(=O)(=O)c4ccccc43)C2)nc1-c1ccc(F)cc1. The first-order valence-corrected chi connectivity index (χ1v) is 12.8. The number of anilines is 1. The van der Waals surface area contributed by atoms with Crippen LogP contribution in [0.3, 0.4) is 0 Å². The van der Waals surface area contributed by atoms with Gasteiger partial charge in [-0.25, -0.2) is 9.37 Å². The molecule has 5 rings (SSSR count). The van der Waals surface area contributed by atoms with Gasteiger partial charge in [0.15, 0.2) is 11.0 Å². The van der Waals surface area contributed by atoms with Gasteiger partial charge in [-0.2, -0.15) is 8.42 Å². The largest absolute Gasteiger partial charge is 0.355 e. The summed E-state index contributed by atoms with van der Waals surface area (Å²) >= 11 is 1.37. The summed E-state index contributed by atoms with van der Waals surface area (Å²) in [6.45, 7) is 2.92. The summed E-state index contributed by atoms with van der Waals surface area (Å²) < 4.78 is 42.0. The van der Waals surface area contributed by atoms with Crippen LogP contribution < -0.4 is 5.32 Å². The predicted molar refractivity (Wildman–Crippen MR) is 125 cm³/mol. The summed E-state index contributed by atoms with van der Waals surface area (Å²) in [4.78, 5) is 20.6. The lowest BCUT2D eigenvalue weighted by Gasteiger charge is -2.33. The summed E-state index contributed by atoms with van der Waals surface area (Å²) in [6, 6.07) is 12.9. The van der Waals surface area contributed by atoms with E-state index < -0.39 is 10.0 Å². The fourth-order valence-corrected chi connectivity index (χ4v) is 6.30. The summed E-state index contributed by atoms with van der Waals surface area (Å²) in [5, 5.41) is 3.40. The number of nitrogens with one attached hydrogen (secondary N) is 1. The van der Waals surface area contributed by atoms with Crippen LogP contribution in [0.5, 0.6) is 0 Å². The number of sulfonamides is 1. The van der Waals surface area contributed by atoms with Gasteiger partial charge in [0.2, 0.25) is 5.91 Å².